The summed E-state index contributed by atoms with van der Waals surface area (Å²) in [6.07, 6.45) is 5.27. The van der Waals surface area contributed by atoms with E-state index >= 15 is 0 Å². The Morgan fingerprint density at radius 2 is 1.91 bits per heavy atom. The summed E-state index contributed by atoms with van der Waals surface area (Å²) in [5, 5.41) is 24.4. The lowest BCUT2D eigenvalue weighted by molar-refractivity contribution is -0.137. The quantitative estimate of drug-likeness (QED) is 0.127. The summed E-state index contributed by atoms with van der Waals surface area (Å²) in [6, 6.07) is 8.12. The van der Waals surface area contributed by atoms with Crippen LogP contribution in [0.15, 0.2) is 35.7 Å². The molecule has 0 radical (unpaired) electrons. The summed E-state index contributed by atoms with van der Waals surface area (Å²) in [4.78, 5) is 37.0. The molecule has 2 aromatic rings. The van der Waals surface area contributed by atoms with Crippen LogP contribution < -0.4 is 21.1 Å². The molecule has 0 bridgehead atoms. The molecule has 43 heavy (non-hydrogen) atoms. The maximum atomic E-state index is 12.4. The summed E-state index contributed by atoms with van der Waals surface area (Å²) >= 11 is 6.94. The fourth-order valence-electron chi connectivity index (χ4n) is 4.42. The number of rotatable bonds is 10. The zero-order valence-electron chi connectivity index (χ0n) is 24.2. The third-order valence-corrected chi connectivity index (χ3v) is 8.95. The number of amides is 2. The highest BCUT2D eigenvalue weighted by Crippen LogP contribution is 2.19. The van der Waals surface area contributed by atoms with Crippen molar-refractivity contribution in [2.75, 3.05) is 26.2 Å². The number of nitrogens with one attached hydrogen (secondary N) is 4. The number of aliphatic hydroxyl groups excluding tert-OH is 1. The van der Waals surface area contributed by atoms with Gasteiger partial charge in [-0.2, -0.15) is 4.72 Å². The number of nitrogens with zero attached hydrogens (tertiary/aromatic N) is 1. The minimum Gasteiger partial charge on any atom is -0.392 e. The third-order valence-electron chi connectivity index (χ3n) is 6.96. The van der Waals surface area contributed by atoms with Crippen LogP contribution in [0.3, 0.4) is 0 Å². The molecule has 2 aliphatic rings. The topological polar surface area (TPSA) is 195 Å². The molecule has 1 aromatic heterocycles. The molecule has 7 N–H and O–H groups in total. The van der Waals surface area contributed by atoms with Gasteiger partial charge in [-0.3, -0.25) is 19.8 Å². The lowest BCUT2D eigenvalue weighted by atomic mass is 9.96. The van der Waals surface area contributed by atoms with Gasteiger partial charge in [0.05, 0.1) is 19.7 Å². The Kier molecular flexibility index (Phi) is 15.8. The monoisotopic (exact) mass is 656 g/mol. The van der Waals surface area contributed by atoms with Gasteiger partial charge < -0.3 is 26.4 Å². The van der Waals surface area contributed by atoms with Gasteiger partial charge in [0.15, 0.2) is 0 Å². The molecule has 1 unspecified atom stereocenters. The van der Waals surface area contributed by atoms with Crippen LogP contribution in [0.5, 0.6) is 0 Å². The number of carbonyl (C=O) groups is 3. The molecule has 2 saturated heterocycles. The van der Waals surface area contributed by atoms with Gasteiger partial charge in [-0.1, -0.05) is 37.1 Å². The molecule has 1 atom stereocenters. The molecular weight excluding hydrogens is 616 g/mol. The Hall–Kier alpha value is -2.88. The van der Waals surface area contributed by atoms with Crippen molar-refractivity contribution < 1.29 is 27.9 Å². The summed E-state index contributed by atoms with van der Waals surface area (Å²) in [5.74, 6) is 0.0651. The number of nitrogen functional groups attached to an aromatic ring is 1. The average molecular weight is 657 g/mol. The van der Waals surface area contributed by atoms with E-state index < -0.39 is 28.5 Å². The summed E-state index contributed by atoms with van der Waals surface area (Å²) in [7, 11) is -4.14. The highest BCUT2D eigenvalue weighted by Gasteiger charge is 2.34. The number of benzene rings is 1. The molecule has 1 aromatic carbocycles. The third kappa shape index (κ3) is 13.1. The number of amidine groups is 1. The van der Waals surface area contributed by atoms with Gasteiger partial charge in [0, 0.05) is 27.4 Å². The van der Waals surface area contributed by atoms with Crippen LogP contribution in [0.4, 0.5) is 0 Å². The van der Waals surface area contributed by atoms with E-state index in [4.69, 9.17) is 27.9 Å². The van der Waals surface area contributed by atoms with Crippen molar-refractivity contribution in [1.82, 2.24) is 20.3 Å². The molecule has 0 saturated carbocycles. The van der Waals surface area contributed by atoms with Gasteiger partial charge in [-0.25, -0.2) is 8.42 Å². The van der Waals surface area contributed by atoms with E-state index in [1.807, 2.05) is 4.72 Å². The first-order valence-electron chi connectivity index (χ1n) is 14.0. The molecule has 238 valence electrons. The van der Waals surface area contributed by atoms with Crippen LogP contribution >= 0.6 is 22.9 Å². The molecule has 2 aliphatic heterocycles. The second-order valence-corrected chi connectivity index (χ2v) is 13.0. The van der Waals surface area contributed by atoms with Crippen LogP contribution in [0.1, 0.15) is 55.0 Å². The van der Waals surface area contributed by atoms with E-state index in [-0.39, 0.29) is 30.5 Å². The Bertz CT molecular complexity index is 1300. The number of halogens is 1. The number of hydrogen-bond donors (Lipinski definition) is 6. The number of carbonyl (C=O) groups excluding carboxylic acids is 3. The lowest BCUT2D eigenvalue weighted by Gasteiger charge is -2.23. The molecule has 4 rings (SSSR count). The summed E-state index contributed by atoms with van der Waals surface area (Å²) < 4.78 is 24.0. The number of piperidine rings is 1. The molecular formula is C28H41ClN6O6S2. The Morgan fingerprint density at radius 3 is 2.44 bits per heavy atom. The first-order valence-corrected chi connectivity index (χ1v) is 16.8. The predicted molar refractivity (Wildman–Crippen MR) is 169 cm³/mol. The fourth-order valence-corrected chi connectivity index (χ4v) is 5.76. The van der Waals surface area contributed by atoms with Crippen LogP contribution in [0.2, 0.25) is 5.02 Å². The predicted octanol–water partition coefficient (Wildman–Crippen LogP) is 1.98. The van der Waals surface area contributed by atoms with Gasteiger partial charge in [0.2, 0.25) is 17.4 Å². The molecule has 2 amide bonds. The van der Waals surface area contributed by atoms with Crippen molar-refractivity contribution in [3.8, 4) is 0 Å². The Labute approximate surface area is 261 Å². The minimum absolute atomic E-state index is 0.0517. The fraction of sp³-hybridized carbons (Fsp3) is 0.500. The standard InChI is InChI=1S/C14H19N5O5S2.C7H7ClO.C7H15N/c15-13(16)9-4-10(25-7-9)5-17-14(22)11-2-1-3-19(11)12(21)6-18-26(23,24)8-20;8-7-3-1-6(5-9)2-4-7;1-2-7-3-5-8-6-4-7/h4,7-8,11,18H,1-3,5-6H2,(H3,15,16)(H,17,22);1-4,9H,5H2;7-8H,2-6H2,1H3. The molecule has 3 heterocycles. The van der Waals surface area contributed by atoms with Crippen molar-refractivity contribution in [3.05, 3.63) is 56.7 Å². The van der Waals surface area contributed by atoms with Crippen molar-refractivity contribution in [1.29, 1.82) is 5.41 Å². The number of hydrogen-bond acceptors (Lipinski definition) is 9. The van der Waals surface area contributed by atoms with E-state index in [0.717, 1.165) is 16.4 Å². The van der Waals surface area contributed by atoms with E-state index in [1.165, 1.54) is 48.6 Å². The molecule has 0 spiro atoms. The van der Waals surface area contributed by atoms with Crippen LogP contribution in [-0.4, -0.2) is 73.9 Å². The second-order valence-electron chi connectivity index (χ2n) is 10.0. The number of likely N-dealkylation sites (tertiary alicyclic amines) is 1. The maximum Gasteiger partial charge on any atom is 0.271 e. The number of nitrogens with two attached hydrogens (primary N) is 1. The highest BCUT2D eigenvalue weighted by atomic mass is 35.5. The van der Waals surface area contributed by atoms with Crippen LogP contribution in [0, 0.1) is 11.3 Å². The highest BCUT2D eigenvalue weighted by molar-refractivity contribution is 8.02. The van der Waals surface area contributed by atoms with Gasteiger partial charge in [0.1, 0.15) is 11.9 Å². The van der Waals surface area contributed by atoms with Crippen molar-refractivity contribution >= 4 is 56.2 Å². The van der Waals surface area contributed by atoms with Crippen LogP contribution in [0.25, 0.3) is 0 Å². The SMILES string of the molecule is CCC1CCNCC1.N=C(N)c1csc(CNC(=O)C2CCCN2C(=O)CNS(=O)(=O)C=O)c1.OCc1ccc(Cl)cc1. The van der Waals surface area contributed by atoms with Crippen molar-refractivity contribution in [3.63, 3.8) is 0 Å². The maximum absolute atomic E-state index is 12.4. The normalized spacial score (nSPS) is 16.7. The first kappa shape index (κ1) is 36.3. The first-order chi connectivity index (χ1) is 20.5. The van der Waals surface area contributed by atoms with E-state index in [0.29, 0.717) is 30.0 Å². The molecule has 0 aliphatic carbocycles. The van der Waals surface area contributed by atoms with Crippen LogP contribution in [-0.2, 0) is 37.6 Å². The lowest BCUT2D eigenvalue weighted by Crippen LogP contribution is -2.48. The van der Waals surface area contributed by atoms with Crippen molar-refractivity contribution in [2.24, 2.45) is 11.7 Å². The Balaban J connectivity index is 0.000000305. The molecule has 12 nitrogen and oxygen atoms in total. The van der Waals surface area contributed by atoms with E-state index in [9.17, 15) is 22.8 Å². The van der Waals surface area contributed by atoms with Crippen molar-refractivity contribution in [2.45, 2.75) is 58.2 Å². The van der Waals surface area contributed by atoms with Gasteiger partial charge >= 0.3 is 0 Å². The van der Waals surface area contributed by atoms with E-state index in [2.05, 4.69) is 17.6 Å². The van der Waals surface area contributed by atoms with E-state index in [1.54, 1.807) is 35.7 Å². The minimum atomic E-state index is -4.14. The van der Waals surface area contributed by atoms with Gasteiger partial charge in [-0.05, 0) is 68.5 Å². The smallest absolute Gasteiger partial charge is 0.271 e. The zero-order chi connectivity index (χ0) is 31.8. The Morgan fingerprint density at radius 1 is 1.23 bits per heavy atom. The summed E-state index contributed by atoms with van der Waals surface area (Å²) in [5.41, 5.74) is 6.59. The largest absolute Gasteiger partial charge is 0.392 e. The van der Waals surface area contributed by atoms with Gasteiger partial charge in [-0.15, -0.1) is 11.3 Å². The van der Waals surface area contributed by atoms with Gasteiger partial charge in [0.25, 0.3) is 10.0 Å². The second kappa shape index (κ2) is 18.7. The average Bonchev–Trinajstić information content (AvgIpc) is 3.71. The zero-order valence-corrected chi connectivity index (χ0v) is 26.6. The molecule has 2 fully saturated rings. The number of thiophene rings is 1. The number of aliphatic hydroxyl groups is 1. The molecule has 15 heteroatoms. The number of sulfonamides is 1. The summed E-state index contributed by atoms with van der Waals surface area (Å²) in [6.45, 7) is 4.88.